The molecule has 2 aromatic carbocycles. The number of nitro groups is 2. The normalized spacial score (nSPS) is 19.4. The molecule has 1 aliphatic rings. The minimum Gasteiger partial charge on any atom is -0.340 e. The Hall–Kier alpha value is -2.75. The summed E-state index contributed by atoms with van der Waals surface area (Å²) in [7, 11) is 0. The van der Waals surface area contributed by atoms with Crippen LogP contribution in [0.3, 0.4) is 0 Å². The number of fused-ring (bicyclic) bond motifs is 3. The third-order valence-corrected chi connectivity index (χ3v) is 5.74. The van der Waals surface area contributed by atoms with Crippen molar-refractivity contribution in [1.82, 2.24) is 14.8 Å². The van der Waals surface area contributed by atoms with Crippen LogP contribution in [-0.2, 0) is 6.54 Å². The second-order valence-electron chi connectivity index (χ2n) is 8.15. The summed E-state index contributed by atoms with van der Waals surface area (Å²) in [5.41, 5.74) is 1.69. The van der Waals surface area contributed by atoms with Crippen molar-refractivity contribution in [3.05, 3.63) is 56.6 Å². The van der Waals surface area contributed by atoms with Gasteiger partial charge in [-0.2, -0.15) is 0 Å². The molecule has 0 bridgehead atoms. The van der Waals surface area contributed by atoms with Crippen molar-refractivity contribution >= 4 is 45.6 Å². The zero-order chi connectivity index (χ0) is 21.4. The standard InChI is InChI=1S/C21H25N5O4.ClH/c1-14-12-23(13-15(2)22-14)8-3-9-24-20-6-4-16(25(27)28)10-18(20)19-11-17(26(29)30)5-7-21(19)24;/h4-7,10-11,14-15,22H,3,8-9,12-13H2,1-2H3;1H/t14-,15+;. The van der Waals surface area contributed by atoms with E-state index in [0.717, 1.165) is 43.6 Å². The monoisotopic (exact) mass is 447 g/mol. The van der Waals surface area contributed by atoms with Crippen LogP contribution in [0.15, 0.2) is 36.4 Å². The van der Waals surface area contributed by atoms with E-state index >= 15 is 0 Å². The lowest BCUT2D eigenvalue weighted by Gasteiger charge is -2.36. The van der Waals surface area contributed by atoms with Crippen molar-refractivity contribution in [1.29, 1.82) is 0 Å². The molecule has 2 heterocycles. The molecule has 0 aliphatic carbocycles. The van der Waals surface area contributed by atoms with Gasteiger partial charge in [0.05, 0.1) is 9.85 Å². The first-order valence-corrected chi connectivity index (χ1v) is 10.2. The van der Waals surface area contributed by atoms with E-state index in [2.05, 4.69) is 28.6 Å². The minimum atomic E-state index is -0.438. The van der Waals surface area contributed by atoms with E-state index in [1.54, 1.807) is 12.1 Å². The Balaban J connectivity index is 0.00000272. The number of aryl methyl sites for hydroxylation is 1. The number of piperazine rings is 1. The van der Waals surface area contributed by atoms with Gasteiger partial charge in [0.25, 0.3) is 11.4 Å². The summed E-state index contributed by atoms with van der Waals surface area (Å²) in [6.45, 7) is 8.09. The van der Waals surface area contributed by atoms with Crippen molar-refractivity contribution in [2.75, 3.05) is 19.6 Å². The first-order valence-electron chi connectivity index (χ1n) is 10.2. The van der Waals surface area contributed by atoms with E-state index in [9.17, 15) is 20.2 Å². The Labute approximate surface area is 185 Å². The molecule has 9 nitrogen and oxygen atoms in total. The minimum absolute atomic E-state index is 0. The summed E-state index contributed by atoms with van der Waals surface area (Å²) < 4.78 is 2.12. The lowest BCUT2D eigenvalue weighted by atomic mass is 10.1. The molecule has 166 valence electrons. The smallest absolute Gasteiger partial charge is 0.270 e. The Morgan fingerprint density at radius 1 is 0.903 bits per heavy atom. The van der Waals surface area contributed by atoms with Gasteiger partial charge in [-0.05, 0) is 38.9 Å². The lowest BCUT2D eigenvalue weighted by molar-refractivity contribution is -0.385. The van der Waals surface area contributed by atoms with E-state index in [0.29, 0.717) is 22.9 Å². The zero-order valence-corrected chi connectivity index (χ0v) is 18.3. The third kappa shape index (κ3) is 4.63. The maximum Gasteiger partial charge on any atom is 0.270 e. The van der Waals surface area contributed by atoms with Gasteiger partial charge in [-0.1, -0.05) is 0 Å². The van der Waals surface area contributed by atoms with Crippen LogP contribution < -0.4 is 5.32 Å². The van der Waals surface area contributed by atoms with E-state index < -0.39 is 9.85 Å². The molecule has 0 spiro atoms. The quantitative estimate of drug-likeness (QED) is 0.450. The summed E-state index contributed by atoms with van der Waals surface area (Å²) in [5.74, 6) is 0. The number of halogens is 1. The number of benzene rings is 2. The van der Waals surface area contributed by atoms with Gasteiger partial charge in [0, 0.05) is 77.8 Å². The largest absolute Gasteiger partial charge is 0.340 e. The van der Waals surface area contributed by atoms with Crippen LogP contribution in [0.5, 0.6) is 0 Å². The molecule has 4 rings (SSSR count). The van der Waals surface area contributed by atoms with Crippen molar-refractivity contribution in [2.24, 2.45) is 0 Å². The first-order chi connectivity index (χ1) is 14.3. The zero-order valence-electron chi connectivity index (χ0n) is 17.5. The number of hydrogen-bond acceptors (Lipinski definition) is 6. The van der Waals surface area contributed by atoms with Crippen LogP contribution in [0.25, 0.3) is 21.8 Å². The maximum absolute atomic E-state index is 11.2. The molecule has 0 saturated carbocycles. The summed E-state index contributed by atoms with van der Waals surface area (Å²) in [6.07, 6.45) is 0.923. The van der Waals surface area contributed by atoms with Gasteiger partial charge in [-0.15, -0.1) is 12.4 Å². The summed E-state index contributed by atoms with van der Waals surface area (Å²) in [6, 6.07) is 10.4. The van der Waals surface area contributed by atoms with Crippen LogP contribution >= 0.6 is 12.4 Å². The number of nitrogens with zero attached hydrogens (tertiary/aromatic N) is 4. The van der Waals surface area contributed by atoms with E-state index in [1.807, 2.05) is 0 Å². The fraction of sp³-hybridized carbons (Fsp3) is 0.429. The Morgan fingerprint density at radius 2 is 1.39 bits per heavy atom. The number of rotatable bonds is 6. The van der Waals surface area contributed by atoms with Crippen LogP contribution in [0.4, 0.5) is 11.4 Å². The third-order valence-electron chi connectivity index (χ3n) is 5.74. The molecule has 0 unspecified atom stereocenters. The van der Waals surface area contributed by atoms with Crippen molar-refractivity contribution < 1.29 is 9.85 Å². The Bertz CT molecular complexity index is 1050. The molecular weight excluding hydrogens is 422 g/mol. The number of nitrogens with one attached hydrogen (secondary N) is 1. The molecule has 0 amide bonds. The number of non-ortho nitro benzene ring substituents is 2. The number of hydrogen-bond donors (Lipinski definition) is 1. The summed E-state index contributed by atoms with van der Waals surface area (Å²) >= 11 is 0. The highest BCUT2D eigenvalue weighted by atomic mass is 35.5. The highest BCUT2D eigenvalue weighted by Gasteiger charge is 2.21. The van der Waals surface area contributed by atoms with Gasteiger partial charge >= 0.3 is 0 Å². The molecule has 10 heteroatoms. The van der Waals surface area contributed by atoms with Crippen LogP contribution in [0, 0.1) is 20.2 Å². The molecule has 1 N–H and O–H groups in total. The maximum atomic E-state index is 11.2. The highest BCUT2D eigenvalue weighted by molar-refractivity contribution is 6.09. The van der Waals surface area contributed by atoms with Crippen LogP contribution in [-0.4, -0.2) is 51.0 Å². The first kappa shape index (κ1) is 22.9. The molecule has 31 heavy (non-hydrogen) atoms. The average Bonchev–Trinajstić information content (AvgIpc) is 3.00. The number of aromatic nitrogens is 1. The van der Waals surface area contributed by atoms with Gasteiger partial charge in [-0.3, -0.25) is 20.2 Å². The van der Waals surface area contributed by atoms with Crippen molar-refractivity contribution in [3.8, 4) is 0 Å². The molecule has 1 saturated heterocycles. The second kappa shape index (κ2) is 9.17. The second-order valence-corrected chi connectivity index (χ2v) is 8.15. The van der Waals surface area contributed by atoms with Crippen LogP contribution in [0.2, 0.25) is 0 Å². The van der Waals surface area contributed by atoms with Gasteiger partial charge in [-0.25, -0.2) is 0 Å². The van der Waals surface area contributed by atoms with E-state index in [-0.39, 0.29) is 23.8 Å². The lowest BCUT2D eigenvalue weighted by Crippen LogP contribution is -2.54. The fourth-order valence-corrected chi connectivity index (χ4v) is 4.62. The van der Waals surface area contributed by atoms with Crippen molar-refractivity contribution in [3.63, 3.8) is 0 Å². The molecule has 1 fully saturated rings. The summed E-state index contributed by atoms with van der Waals surface area (Å²) in [4.78, 5) is 24.1. The molecule has 1 aromatic heterocycles. The molecule has 3 aromatic rings. The fourth-order valence-electron chi connectivity index (χ4n) is 4.62. The highest BCUT2D eigenvalue weighted by Crippen LogP contribution is 2.34. The predicted octanol–water partition coefficient (Wildman–Crippen LogP) is 4.11. The van der Waals surface area contributed by atoms with E-state index in [4.69, 9.17) is 0 Å². The van der Waals surface area contributed by atoms with Gasteiger partial charge < -0.3 is 14.8 Å². The topological polar surface area (TPSA) is 106 Å². The SMILES string of the molecule is C[C@@H]1CN(CCCn2c3ccc([N+](=O)[O-])cc3c3cc([N+](=O)[O-])ccc32)C[C@H](C)N1.Cl. The Morgan fingerprint density at radius 3 is 1.84 bits per heavy atom. The van der Waals surface area contributed by atoms with Crippen LogP contribution in [0.1, 0.15) is 20.3 Å². The molecule has 2 atom stereocenters. The van der Waals surface area contributed by atoms with Gasteiger partial charge in [0.15, 0.2) is 0 Å². The van der Waals surface area contributed by atoms with Crippen molar-refractivity contribution in [2.45, 2.75) is 38.9 Å². The molecule has 0 radical (unpaired) electrons. The van der Waals surface area contributed by atoms with Gasteiger partial charge in [0.2, 0.25) is 0 Å². The van der Waals surface area contributed by atoms with Gasteiger partial charge in [0.1, 0.15) is 0 Å². The van der Waals surface area contributed by atoms with E-state index in [1.165, 1.54) is 24.3 Å². The number of nitro benzene ring substituents is 2. The summed E-state index contributed by atoms with van der Waals surface area (Å²) in [5, 5.41) is 27.4. The Kier molecular flexibility index (Phi) is 6.78. The molecular formula is C21H26ClN5O4. The molecule has 1 aliphatic heterocycles. The predicted molar refractivity (Wildman–Crippen MR) is 123 cm³/mol. The average molecular weight is 448 g/mol.